The molecule has 152 valence electrons. The Morgan fingerprint density at radius 1 is 1.20 bits per heavy atom. The van der Waals surface area contributed by atoms with E-state index >= 15 is 0 Å². The zero-order valence-electron chi connectivity index (χ0n) is 15.9. The van der Waals surface area contributed by atoms with Crippen LogP contribution in [0, 0.1) is 36.6 Å². The first-order valence-electron chi connectivity index (χ1n) is 8.83. The molecule has 4 aromatic rings. The number of nitrogens with one attached hydrogen (secondary N) is 2. The molecule has 0 radical (unpaired) electrons. The first kappa shape index (κ1) is 19.4. The average Bonchev–Trinajstić information content (AvgIpc) is 3.15. The Bertz CT molecular complexity index is 1290. The molecule has 6 nitrogen and oxygen atoms in total. The van der Waals surface area contributed by atoms with Gasteiger partial charge in [-0.2, -0.15) is 4.98 Å². The van der Waals surface area contributed by atoms with Gasteiger partial charge in [-0.15, -0.1) is 0 Å². The molecule has 0 saturated carbocycles. The number of methoxy groups -OCH3 is 1. The third-order valence-electron chi connectivity index (χ3n) is 4.59. The lowest BCUT2D eigenvalue weighted by Crippen LogP contribution is -2.19. The van der Waals surface area contributed by atoms with Crippen molar-refractivity contribution in [2.24, 2.45) is 0 Å². The lowest BCUT2D eigenvalue weighted by molar-refractivity contribution is 0.402. The normalized spacial score (nSPS) is 10.8. The molecule has 2 aromatic heterocycles. The Morgan fingerprint density at radius 2 is 1.93 bits per heavy atom. The van der Waals surface area contributed by atoms with Gasteiger partial charge in [-0.05, 0) is 48.4 Å². The van der Waals surface area contributed by atoms with Crippen LogP contribution >= 0.6 is 0 Å². The van der Waals surface area contributed by atoms with E-state index in [-0.39, 0.29) is 23.8 Å². The van der Waals surface area contributed by atoms with Crippen LogP contribution in [-0.2, 0) is 6.54 Å². The van der Waals surface area contributed by atoms with Crippen LogP contribution in [0.1, 0.15) is 11.1 Å². The van der Waals surface area contributed by atoms with Gasteiger partial charge in [0.15, 0.2) is 17.5 Å². The maximum atomic E-state index is 13.6. The summed E-state index contributed by atoms with van der Waals surface area (Å²) in [5, 5.41) is 3.83. The number of ether oxygens (including phenoxy) is 1. The molecule has 0 spiro atoms. The molecule has 0 bridgehead atoms. The van der Waals surface area contributed by atoms with Gasteiger partial charge in [0.2, 0.25) is 11.7 Å². The van der Waals surface area contributed by atoms with Crippen molar-refractivity contribution in [3.63, 3.8) is 0 Å². The van der Waals surface area contributed by atoms with Crippen molar-refractivity contribution >= 4 is 22.5 Å². The highest BCUT2D eigenvalue weighted by atomic mass is 19.2. The lowest BCUT2D eigenvalue weighted by atomic mass is 10.1. The zero-order chi connectivity index (χ0) is 21.4. The summed E-state index contributed by atoms with van der Waals surface area (Å²) in [5.74, 6) is -4.09. The van der Waals surface area contributed by atoms with Gasteiger partial charge in [0.25, 0.3) is 0 Å². The highest BCUT2D eigenvalue weighted by Crippen LogP contribution is 2.25. The minimum atomic E-state index is -1.55. The number of hydrogen-bond donors (Lipinski definition) is 2. The number of fused-ring (bicyclic) bond motifs is 1. The average molecular weight is 412 g/mol. The molecule has 0 saturated heterocycles. The summed E-state index contributed by atoms with van der Waals surface area (Å²) in [6.45, 7) is 1.77. The third kappa shape index (κ3) is 3.55. The number of aryl methyl sites for hydroxylation is 1. The molecule has 9 heteroatoms. The van der Waals surface area contributed by atoms with Crippen molar-refractivity contribution in [2.45, 2.75) is 13.5 Å². The molecule has 0 amide bonds. The fourth-order valence-corrected chi connectivity index (χ4v) is 3.07. The molecule has 0 aliphatic heterocycles. The predicted molar refractivity (Wildman–Crippen MR) is 104 cm³/mol. The van der Waals surface area contributed by atoms with Crippen LogP contribution in [-0.4, -0.2) is 21.6 Å². The van der Waals surface area contributed by atoms with Crippen molar-refractivity contribution in [3.8, 4) is 5.75 Å². The summed E-state index contributed by atoms with van der Waals surface area (Å²) >= 11 is 0. The van der Waals surface area contributed by atoms with Gasteiger partial charge < -0.3 is 19.6 Å². The molecule has 2 heterocycles. The van der Waals surface area contributed by atoms with Gasteiger partial charge in [0, 0.05) is 11.9 Å². The van der Waals surface area contributed by atoms with Gasteiger partial charge >= 0.3 is 5.56 Å². The molecule has 0 aliphatic carbocycles. The smallest absolute Gasteiger partial charge is 0.316 e. The summed E-state index contributed by atoms with van der Waals surface area (Å²) in [6.07, 6.45) is 4.13. The van der Waals surface area contributed by atoms with E-state index in [2.05, 4.69) is 27.5 Å². The van der Waals surface area contributed by atoms with E-state index < -0.39 is 23.0 Å². The summed E-state index contributed by atoms with van der Waals surface area (Å²) in [5.41, 5.74) is 1.86. The number of rotatable bonds is 5. The first-order chi connectivity index (χ1) is 14.4. The Morgan fingerprint density at radius 3 is 2.63 bits per heavy atom. The number of hydrogen-bond acceptors (Lipinski definition) is 4. The number of aromatic amines is 1. The van der Waals surface area contributed by atoms with E-state index in [9.17, 15) is 18.0 Å². The molecule has 0 atom stereocenters. The molecule has 30 heavy (non-hydrogen) atoms. The molecule has 0 aliphatic rings. The highest BCUT2D eigenvalue weighted by molar-refractivity contribution is 5.83. The van der Waals surface area contributed by atoms with Crippen molar-refractivity contribution in [3.05, 3.63) is 81.7 Å². The van der Waals surface area contributed by atoms with Crippen LogP contribution in [0.4, 0.5) is 24.8 Å². The lowest BCUT2D eigenvalue weighted by Gasteiger charge is -2.16. The predicted octanol–water partition coefficient (Wildman–Crippen LogP) is 3.85. The largest absolute Gasteiger partial charge is 0.490 e. The maximum absolute atomic E-state index is 13.6. The van der Waals surface area contributed by atoms with Crippen molar-refractivity contribution in [2.75, 3.05) is 12.4 Å². The fourth-order valence-electron chi connectivity index (χ4n) is 3.07. The molecular weight excluding hydrogens is 397 g/mol. The topological polar surface area (TPSA) is 71.9 Å². The van der Waals surface area contributed by atoms with Gasteiger partial charge in [-0.25, -0.2) is 13.2 Å². The van der Waals surface area contributed by atoms with E-state index in [1.54, 1.807) is 6.07 Å². The van der Waals surface area contributed by atoms with E-state index in [1.807, 2.05) is 13.0 Å². The van der Waals surface area contributed by atoms with Crippen LogP contribution in [0.25, 0.3) is 10.9 Å². The SMILES string of the molecule is COc1cn(Cc2cc(F)c(F)c(F)c2)c(Nc2cc3c#c[nH]c3cc2C)nc1=O. The van der Waals surface area contributed by atoms with Crippen molar-refractivity contribution in [1.29, 1.82) is 0 Å². The number of anilines is 2. The summed E-state index contributed by atoms with van der Waals surface area (Å²) in [7, 11) is 1.31. The summed E-state index contributed by atoms with van der Waals surface area (Å²) < 4.78 is 47.0. The van der Waals surface area contributed by atoms with Gasteiger partial charge in [0.1, 0.15) is 0 Å². The maximum Gasteiger partial charge on any atom is 0.316 e. The Kier molecular flexibility index (Phi) is 4.83. The van der Waals surface area contributed by atoms with Gasteiger partial charge in [-0.3, -0.25) is 4.79 Å². The second-order valence-electron chi connectivity index (χ2n) is 6.65. The number of aromatic nitrogens is 3. The Hall–Kier alpha value is -3.93. The van der Waals surface area contributed by atoms with E-state index in [1.165, 1.54) is 17.9 Å². The van der Waals surface area contributed by atoms with Crippen molar-refractivity contribution < 1.29 is 17.9 Å². The quantitative estimate of drug-likeness (QED) is 0.489. The fraction of sp³-hybridized carbons (Fsp3) is 0.143. The number of halogens is 3. The second-order valence-corrected chi connectivity index (χ2v) is 6.65. The number of nitrogens with zero attached hydrogens (tertiary/aromatic N) is 2. The molecule has 0 unspecified atom stereocenters. The van der Waals surface area contributed by atoms with Crippen LogP contribution < -0.4 is 15.6 Å². The second kappa shape index (κ2) is 7.48. The van der Waals surface area contributed by atoms with Crippen LogP contribution in [0.15, 0.2) is 35.3 Å². The standard InChI is InChI=1S/C21H15F3N4O2/c1-11-5-17-13(3-4-25-17)8-16(11)26-21-27-20(29)18(30-2)10-28(21)9-12-6-14(22)19(24)15(23)7-12/h5-8,10,25H,9H2,1-2H3,(H,26,27,29). The minimum absolute atomic E-state index is 0.0515. The van der Waals surface area contributed by atoms with Crippen LogP contribution in [0.3, 0.4) is 0 Å². The van der Waals surface area contributed by atoms with Crippen LogP contribution in [0.5, 0.6) is 5.75 Å². The highest BCUT2D eigenvalue weighted by Gasteiger charge is 2.15. The van der Waals surface area contributed by atoms with Gasteiger partial charge in [-0.1, -0.05) is 0 Å². The van der Waals surface area contributed by atoms with Crippen molar-refractivity contribution in [1.82, 2.24) is 14.5 Å². The molecule has 0 fully saturated rings. The van der Waals surface area contributed by atoms with Gasteiger partial charge in [0.05, 0.1) is 30.8 Å². The molecular formula is C21H15F3N4O2. The third-order valence-corrected chi connectivity index (χ3v) is 4.59. The minimum Gasteiger partial charge on any atom is -0.490 e. The number of benzene rings is 2. The monoisotopic (exact) mass is 412 g/mol. The molecule has 2 N–H and O–H groups in total. The zero-order valence-corrected chi connectivity index (χ0v) is 15.9. The Labute approximate surface area is 169 Å². The van der Waals surface area contributed by atoms with E-state index in [0.29, 0.717) is 5.69 Å². The Balaban J connectivity index is 1.78. The molecule has 2 aromatic carbocycles. The molecule has 4 rings (SSSR count). The van der Waals surface area contributed by atoms with E-state index in [4.69, 9.17) is 4.74 Å². The first-order valence-corrected chi connectivity index (χ1v) is 8.83. The number of H-pyrrole nitrogens is 1. The summed E-state index contributed by atoms with van der Waals surface area (Å²) in [6, 6.07) is 8.37. The van der Waals surface area contributed by atoms with Crippen LogP contribution in [0.2, 0.25) is 0 Å². The summed E-state index contributed by atoms with van der Waals surface area (Å²) in [4.78, 5) is 19.1. The van der Waals surface area contributed by atoms with E-state index in [0.717, 1.165) is 28.6 Å².